The first-order chi connectivity index (χ1) is 9.52. The highest BCUT2D eigenvalue weighted by Crippen LogP contribution is 2.25. The van der Waals surface area contributed by atoms with Crippen LogP contribution < -0.4 is 11.3 Å². The average molecular weight is 292 g/mol. The van der Waals surface area contributed by atoms with Crippen molar-refractivity contribution in [3.63, 3.8) is 0 Å². The minimum Gasteiger partial charge on any atom is -0.337 e. The summed E-state index contributed by atoms with van der Waals surface area (Å²) in [6, 6.07) is 3.55. The van der Waals surface area contributed by atoms with Crippen molar-refractivity contribution in [2.45, 2.75) is 58.9 Å². The van der Waals surface area contributed by atoms with E-state index in [2.05, 4.69) is 52.0 Å². The lowest BCUT2D eigenvalue weighted by Gasteiger charge is -2.35. The van der Waals surface area contributed by atoms with Gasteiger partial charge in [0.05, 0.1) is 0 Å². The van der Waals surface area contributed by atoms with Crippen LogP contribution in [-0.2, 0) is 5.41 Å². The van der Waals surface area contributed by atoms with Crippen molar-refractivity contribution in [1.82, 2.24) is 9.88 Å². The van der Waals surface area contributed by atoms with E-state index in [-0.39, 0.29) is 16.9 Å². The first-order valence-electron chi connectivity index (χ1n) is 7.30. The first-order valence-corrected chi connectivity index (χ1v) is 7.30. The number of hydrazine groups is 1. The van der Waals surface area contributed by atoms with E-state index in [1.165, 1.54) is 0 Å². The van der Waals surface area contributed by atoms with Crippen LogP contribution >= 0.6 is 0 Å². The van der Waals surface area contributed by atoms with Crippen molar-refractivity contribution in [2.75, 3.05) is 12.5 Å². The zero-order valence-corrected chi connectivity index (χ0v) is 14.2. The number of nitrogens with one attached hydrogen (secondary N) is 1. The lowest BCUT2D eigenvalue weighted by atomic mass is 9.90. The Kier molecular flexibility index (Phi) is 4.99. The van der Waals surface area contributed by atoms with Gasteiger partial charge in [-0.3, -0.25) is 4.79 Å². The molecule has 0 atom stereocenters. The maximum Gasteiger partial charge on any atom is 0.254 e. The van der Waals surface area contributed by atoms with Gasteiger partial charge >= 0.3 is 0 Å². The molecule has 1 aromatic heterocycles. The molecule has 118 valence electrons. The third-order valence-electron chi connectivity index (χ3n) is 4.07. The molecule has 0 aliphatic heterocycles. The highest BCUT2D eigenvalue weighted by molar-refractivity contribution is 5.95. The molecular weight excluding hydrogens is 264 g/mol. The van der Waals surface area contributed by atoms with E-state index in [0.717, 1.165) is 12.1 Å². The Morgan fingerprint density at radius 2 is 1.86 bits per heavy atom. The molecule has 0 radical (unpaired) electrons. The number of rotatable bonds is 4. The van der Waals surface area contributed by atoms with Crippen molar-refractivity contribution in [3.8, 4) is 0 Å². The van der Waals surface area contributed by atoms with Crippen molar-refractivity contribution in [2.24, 2.45) is 5.84 Å². The molecule has 5 nitrogen and oxygen atoms in total. The molecule has 0 bridgehead atoms. The fourth-order valence-electron chi connectivity index (χ4n) is 1.82. The molecule has 21 heavy (non-hydrogen) atoms. The summed E-state index contributed by atoms with van der Waals surface area (Å²) in [6.45, 7) is 12.4. The second kappa shape index (κ2) is 6.02. The molecule has 5 heteroatoms. The predicted octanol–water partition coefficient (Wildman–Crippen LogP) is 2.93. The summed E-state index contributed by atoms with van der Waals surface area (Å²) in [5.74, 6) is 5.97. The number of hydrogen-bond acceptors (Lipinski definition) is 4. The summed E-state index contributed by atoms with van der Waals surface area (Å²) < 4.78 is 0. The van der Waals surface area contributed by atoms with Gasteiger partial charge in [0, 0.05) is 29.3 Å². The van der Waals surface area contributed by atoms with E-state index < -0.39 is 0 Å². The van der Waals surface area contributed by atoms with Crippen LogP contribution in [0.2, 0.25) is 0 Å². The summed E-state index contributed by atoms with van der Waals surface area (Å²) in [5, 5.41) is 0. The average Bonchev–Trinajstić information content (AvgIpc) is 2.44. The Balaban J connectivity index is 3.27. The Morgan fingerprint density at radius 3 is 2.29 bits per heavy atom. The molecule has 1 heterocycles. The van der Waals surface area contributed by atoms with Gasteiger partial charge in [-0.1, -0.05) is 27.7 Å². The number of hydrogen-bond donors (Lipinski definition) is 2. The van der Waals surface area contributed by atoms with Crippen molar-refractivity contribution in [1.29, 1.82) is 0 Å². The van der Waals surface area contributed by atoms with E-state index in [4.69, 9.17) is 5.84 Å². The van der Waals surface area contributed by atoms with Gasteiger partial charge in [-0.2, -0.15) is 0 Å². The van der Waals surface area contributed by atoms with Crippen LogP contribution in [0.4, 0.5) is 5.82 Å². The van der Waals surface area contributed by atoms with Crippen LogP contribution in [-0.4, -0.2) is 28.4 Å². The van der Waals surface area contributed by atoms with Crippen molar-refractivity contribution < 1.29 is 4.79 Å². The van der Waals surface area contributed by atoms with Crippen LogP contribution in [0.25, 0.3) is 0 Å². The molecule has 0 aliphatic carbocycles. The second-order valence-electron chi connectivity index (χ2n) is 7.05. The first kappa shape index (κ1) is 17.4. The van der Waals surface area contributed by atoms with E-state index in [1.807, 2.05) is 13.1 Å². The number of amides is 1. The Bertz CT molecular complexity index is 517. The predicted molar refractivity (Wildman–Crippen MR) is 87.2 cm³/mol. The summed E-state index contributed by atoms with van der Waals surface area (Å²) in [4.78, 5) is 18.9. The van der Waals surface area contributed by atoms with E-state index >= 15 is 0 Å². The number of nitrogen functional groups attached to an aromatic ring is 1. The lowest BCUT2D eigenvalue weighted by Crippen LogP contribution is -2.44. The van der Waals surface area contributed by atoms with Crippen molar-refractivity contribution in [3.05, 3.63) is 23.4 Å². The zero-order chi connectivity index (χ0) is 16.4. The Labute approximate surface area is 127 Å². The molecule has 0 aliphatic rings. The fourth-order valence-corrected chi connectivity index (χ4v) is 1.82. The molecule has 1 rings (SSSR count). The number of nitrogens with two attached hydrogens (primary N) is 1. The van der Waals surface area contributed by atoms with Gasteiger partial charge in [-0.25, -0.2) is 10.8 Å². The normalized spacial score (nSPS) is 12.2. The molecule has 1 aromatic rings. The summed E-state index contributed by atoms with van der Waals surface area (Å²) in [7, 11) is 1.83. The standard InChI is InChI=1S/C16H28N4O/c1-8-16(5,6)20(7)14(21)11-9-12(15(2,3)4)18-13(10-11)19-17/h9-10H,8,17H2,1-7H3,(H,18,19). The third kappa shape index (κ3) is 3.94. The number of aromatic nitrogens is 1. The molecule has 0 saturated carbocycles. The highest BCUT2D eigenvalue weighted by atomic mass is 16.2. The minimum absolute atomic E-state index is 0.0220. The SMILES string of the molecule is CCC(C)(C)N(C)C(=O)c1cc(NN)nc(C(C)(C)C)c1. The lowest BCUT2D eigenvalue weighted by molar-refractivity contribution is 0.0620. The van der Waals surface area contributed by atoms with Gasteiger partial charge < -0.3 is 10.3 Å². The van der Waals surface area contributed by atoms with Crippen LogP contribution in [0.1, 0.15) is 64.0 Å². The van der Waals surface area contributed by atoms with Crippen LogP contribution in [0.5, 0.6) is 0 Å². The van der Waals surface area contributed by atoms with Gasteiger partial charge in [0.1, 0.15) is 5.82 Å². The smallest absolute Gasteiger partial charge is 0.254 e. The second-order valence-corrected chi connectivity index (χ2v) is 7.05. The van der Waals surface area contributed by atoms with Gasteiger partial charge in [0.15, 0.2) is 0 Å². The number of anilines is 1. The summed E-state index contributed by atoms with van der Waals surface area (Å²) in [6.07, 6.45) is 0.883. The maximum atomic E-state index is 12.7. The van der Waals surface area contributed by atoms with Crippen LogP contribution in [0, 0.1) is 0 Å². The number of carbonyl (C=O) groups excluding carboxylic acids is 1. The van der Waals surface area contributed by atoms with Gasteiger partial charge in [0.2, 0.25) is 0 Å². The topological polar surface area (TPSA) is 71.2 Å². The van der Waals surface area contributed by atoms with Gasteiger partial charge in [0.25, 0.3) is 5.91 Å². The molecule has 0 unspecified atom stereocenters. The van der Waals surface area contributed by atoms with Crippen LogP contribution in [0.3, 0.4) is 0 Å². The largest absolute Gasteiger partial charge is 0.337 e. The maximum absolute atomic E-state index is 12.7. The fraction of sp³-hybridized carbons (Fsp3) is 0.625. The molecule has 0 spiro atoms. The van der Waals surface area contributed by atoms with Gasteiger partial charge in [-0.15, -0.1) is 0 Å². The van der Waals surface area contributed by atoms with Gasteiger partial charge in [-0.05, 0) is 32.4 Å². The molecule has 3 N–H and O–H groups in total. The number of pyridine rings is 1. The van der Waals surface area contributed by atoms with Crippen LogP contribution in [0.15, 0.2) is 12.1 Å². The Morgan fingerprint density at radius 1 is 1.29 bits per heavy atom. The number of nitrogens with zero attached hydrogens (tertiary/aromatic N) is 2. The zero-order valence-electron chi connectivity index (χ0n) is 14.2. The number of carbonyl (C=O) groups is 1. The molecular formula is C16H28N4O. The molecule has 0 saturated heterocycles. The van der Waals surface area contributed by atoms with E-state index in [1.54, 1.807) is 11.0 Å². The molecule has 0 fully saturated rings. The molecule has 0 aromatic carbocycles. The molecule has 1 amide bonds. The summed E-state index contributed by atoms with van der Waals surface area (Å²) in [5.41, 5.74) is 3.64. The van der Waals surface area contributed by atoms with E-state index in [0.29, 0.717) is 11.4 Å². The Hall–Kier alpha value is -1.62. The summed E-state index contributed by atoms with van der Waals surface area (Å²) >= 11 is 0. The highest BCUT2D eigenvalue weighted by Gasteiger charge is 2.28. The monoisotopic (exact) mass is 292 g/mol. The minimum atomic E-state index is -0.196. The quantitative estimate of drug-likeness (QED) is 0.661. The van der Waals surface area contributed by atoms with E-state index in [9.17, 15) is 4.79 Å². The van der Waals surface area contributed by atoms with Crippen molar-refractivity contribution >= 4 is 11.7 Å². The third-order valence-corrected chi connectivity index (χ3v) is 4.07.